The van der Waals surface area contributed by atoms with E-state index in [-0.39, 0.29) is 84.8 Å². The predicted octanol–water partition coefficient (Wildman–Crippen LogP) is -6.73. The van der Waals surface area contributed by atoms with Gasteiger partial charge in [-0.2, -0.15) is 0 Å². The van der Waals surface area contributed by atoms with Crippen LogP contribution in [0.4, 0.5) is 4.79 Å². The van der Waals surface area contributed by atoms with Crippen LogP contribution in [0.5, 0.6) is 11.5 Å². The van der Waals surface area contributed by atoms with Gasteiger partial charge >= 0.3 is 18.0 Å². The molecule has 27 N–H and O–H groups in total. The fourth-order valence-electron chi connectivity index (χ4n) is 10.7. The van der Waals surface area contributed by atoms with Crippen molar-refractivity contribution in [1.29, 1.82) is 0 Å². The number of carbonyl (C=O) groups excluding carboxylic acids is 14. The Labute approximate surface area is 641 Å². The fourth-order valence-corrected chi connectivity index (χ4v) is 15.8. The van der Waals surface area contributed by atoms with Crippen molar-refractivity contribution in [2.24, 2.45) is 33.7 Å². The standard InChI is InChI=1S/C62H88IN19O21S4/c1-28(83)47-56(98)76-37(22-46(88)89)59(100)82-18-4-7-42(82)55(97)74-34(5-2-16-69-61(66)67)49(91)79-41-26-107-106-25-40(71-45(87)23-64)54(96)81-58(57(99)80-47)105-27-104-24-39(52(94)77-38(60(101)102)20-29-8-11-31(84)12-9-29)78-50(92)35(13-15-44(65)86)73-51(93)36(21-30-10-14-43(85)32(63)19-30)75-48(90)33(72-53(41)95)6-3-17-70-62(68)103/h8-12,14,19,28,33-42,47,58,83-85H,2-7,13,15-18,20-27,64H2,1H3,(H2,65,86)(H,71,87)(H,72,95)(H,73,93)(H,74,97)(H,75,90)(H,76,98)(H,77,94)(H,78,92)(H,79,91)(H,80,99)(H,81,96)(H,88,89)(H,101,102)(H4,66,67,69)(H3,68,70,103)/t28-,33+,34+,35+,36+,37+,38+,39+,40-,41+,42+,47+,58-/m1/s1. The summed E-state index contributed by atoms with van der Waals surface area (Å²) >= 11 is 3.08. The maximum Gasteiger partial charge on any atom is 0.326 e. The van der Waals surface area contributed by atoms with Crippen LogP contribution in [-0.4, -0.2) is 258 Å². The minimum atomic E-state index is -2.09. The number of fused-ring (bicyclic) bond motifs is 9. The Bertz CT molecular complexity index is 3610. The third-order valence-electron chi connectivity index (χ3n) is 16.2. The molecule has 588 valence electrons. The molecule has 3 aliphatic heterocycles. The number of hydrogen-bond acceptors (Lipinski definition) is 25. The van der Waals surface area contributed by atoms with Crippen molar-refractivity contribution in [2.45, 2.75) is 155 Å². The first-order valence-electron chi connectivity index (χ1n) is 33.2. The summed E-state index contributed by atoms with van der Waals surface area (Å²) in [5.41, 5.74) is 28.3. The number of carboxylic acid groups (broad SMARTS) is 2. The molecule has 2 bridgehead atoms. The van der Waals surface area contributed by atoms with Crippen molar-refractivity contribution in [3.8, 4) is 11.5 Å². The zero-order chi connectivity index (χ0) is 79.2. The largest absolute Gasteiger partial charge is 0.508 e. The van der Waals surface area contributed by atoms with Gasteiger partial charge < -0.3 is 123 Å². The molecule has 0 aromatic heterocycles. The Morgan fingerprint density at radius 1 is 0.682 bits per heavy atom. The van der Waals surface area contributed by atoms with Crippen LogP contribution < -0.4 is 92.5 Å². The zero-order valence-corrected chi connectivity index (χ0v) is 63.0. The van der Waals surface area contributed by atoms with Gasteiger partial charge in [0, 0.05) is 61.2 Å². The highest BCUT2D eigenvalue weighted by Crippen LogP contribution is 2.27. The van der Waals surface area contributed by atoms with Crippen LogP contribution in [0.1, 0.15) is 75.8 Å². The molecule has 0 radical (unpaired) electrons. The number of rotatable bonds is 23. The van der Waals surface area contributed by atoms with Gasteiger partial charge in [0.15, 0.2) is 11.3 Å². The Morgan fingerprint density at radius 3 is 1.93 bits per heavy atom. The number of nitrogens with zero attached hydrogens (tertiary/aromatic N) is 2. The van der Waals surface area contributed by atoms with Crippen LogP contribution in [-0.2, 0) is 84.8 Å². The molecule has 2 aromatic rings. The van der Waals surface area contributed by atoms with E-state index in [0.717, 1.165) is 45.2 Å². The second-order valence-corrected chi connectivity index (χ2v) is 30.7. The van der Waals surface area contributed by atoms with Gasteiger partial charge in [0.1, 0.15) is 78.0 Å². The van der Waals surface area contributed by atoms with Crippen molar-refractivity contribution in [2.75, 3.05) is 48.5 Å². The van der Waals surface area contributed by atoms with Crippen molar-refractivity contribution in [3.05, 3.63) is 57.2 Å². The molecule has 2 aromatic carbocycles. The Balaban J connectivity index is 1.78. The Morgan fingerprint density at radius 2 is 1.29 bits per heavy atom. The highest BCUT2D eigenvalue weighted by molar-refractivity contribution is 14.1. The van der Waals surface area contributed by atoms with Gasteiger partial charge in [-0.3, -0.25) is 72.1 Å². The smallest absolute Gasteiger partial charge is 0.326 e. The molecule has 3 fully saturated rings. The summed E-state index contributed by atoms with van der Waals surface area (Å²) in [5.74, 6) is -20.3. The van der Waals surface area contributed by atoms with Crippen LogP contribution >= 0.6 is 67.7 Å². The minimum absolute atomic E-state index is 0.0401. The second-order valence-electron chi connectivity index (χ2n) is 24.5. The molecule has 3 heterocycles. The number of phenols is 2. The number of phenolic OH excluding ortho intramolecular Hbond substituents is 2. The first-order valence-corrected chi connectivity index (χ1v) is 38.9. The average molecular weight is 1690 g/mol. The number of aliphatic hydroxyl groups excluding tert-OH is 1. The summed E-state index contributed by atoms with van der Waals surface area (Å²) in [6.07, 6.45) is -5.94. The third-order valence-corrected chi connectivity index (χ3v) is 22.0. The SMILES string of the molecule is C[C@@H](O)[C@@H]1NC(=O)[C@@H]2NC(=O)[C@H](NC(=O)CN)CSSC[C@H](NC(=O)[C@H](CCCN=C(N)N)NC(=O)[C@@H]3CCCN3C(=O)[C@H](CC(=O)O)NC1=O)C(=O)N[C@@H](CCCNC(N)=O)C(=O)N[C@@H](Cc1ccc(O)c(I)c1)C(=O)N[C@@H](CCC(N)=O)C(=O)N[C@H](C(=O)N[C@@H](Cc1ccc(O)cc1)C(=O)O)CSCS2. The number of thioether (sulfide) groups is 2. The van der Waals surface area contributed by atoms with E-state index in [9.17, 15) is 87.9 Å². The normalized spacial score (nSPS) is 24.4. The summed E-state index contributed by atoms with van der Waals surface area (Å²) in [5, 5.41) is 79.1. The summed E-state index contributed by atoms with van der Waals surface area (Å²) in [4.78, 5) is 230. The molecular weight excluding hydrogens is 1600 g/mol. The number of carbonyl (C=O) groups is 16. The lowest BCUT2D eigenvalue weighted by Gasteiger charge is -2.31. The van der Waals surface area contributed by atoms with Gasteiger partial charge in [0.05, 0.1) is 22.6 Å². The molecule has 45 heteroatoms. The van der Waals surface area contributed by atoms with Gasteiger partial charge in [-0.05, 0) is 110 Å². The third kappa shape index (κ3) is 29.8. The van der Waals surface area contributed by atoms with E-state index in [2.05, 4.69) is 68.8 Å². The second kappa shape index (κ2) is 44.1. The quantitative estimate of drug-likeness (QED) is 0.0162. The first-order chi connectivity index (χ1) is 50.6. The van der Waals surface area contributed by atoms with E-state index in [0.29, 0.717) is 17.3 Å². The van der Waals surface area contributed by atoms with Gasteiger partial charge in [0.25, 0.3) is 5.91 Å². The fraction of sp³-hybridized carbons (Fsp3) is 0.532. The summed E-state index contributed by atoms with van der Waals surface area (Å²) in [6, 6.07) is -11.3. The number of primary amides is 2. The number of hydrogen-bond donors (Lipinski definition) is 22. The predicted molar refractivity (Wildman–Crippen MR) is 398 cm³/mol. The lowest BCUT2D eigenvalue weighted by atomic mass is 10.0. The van der Waals surface area contributed by atoms with Crippen molar-refractivity contribution < 1.29 is 102 Å². The first kappa shape index (κ1) is 88.3. The van der Waals surface area contributed by atoms with Gasteiger partial charge in [-0.25, -0.2) is 9.59 Å². The number of halogens is 1. The molecule has 0 unspecified atom stereocenters. The Hall–Kier alpha value is -9.32. The van der Waals surface area contributed by atoms with Crippen molar-refractivity contribution in [1.82, 2.24) is 68.7 Å². The maximum absolute atomic E-state index is 15.1. The van der Waals surface area contributed by atoms with Crippen LogP contribution in [0.3, 0.4) is 0 Å². The van der Waals surface area contributed by atoms with Gasteiger partial charge in [-0.15, -0.1) is 23.5 Å². The molecule has 3 saturated heterocycles. The summed E-state index contributed by atoms with van der Waals surface area (Å²) in [6.45, 7) is -0.237. The minimum Gasteiger partial charge on any atom is -0.508 e. The number of aliphatic carboxylic acids is 2. The lowest BCUT2D eigenvalue weighted by Crippen LogP contribution is -2.62. The van der Waals surface area contributed by atoms with E-state index in [1.54, 1.807) is 22.6 Å². The number of guanidine groups is 1. The molecule has 0 aliphatic carbocycles. The van der Waals surface area contributed by atoms with E-state index in [4.69, 9.17) is 28.7 Å². The molecule has 3 aliphatic rings. The number of nitrogens with two attached hydrogens (primary N) is 5. The molecule has 0 saturated carbocycles. The highest BCUT2D eigenvalue weighted by atomic mass is 127. The molecule has 40 nitrogen and oxygen atoms in total. The van der Waals surface area contributed by atoms with E-state index in [1.807, 2.05) is 0 Å². The van der Waals surface area contributed by atoms with E-state index >= 15 is 14.4 Å². The molecule has 13 atom stereocenters. The van der Waals surface area contributed by atoms with Gasteiger partial charge in [-0.1, -0.05) is 39.8 Å². The monoisotopic (exact) mass is 1690 g/mol. The maximum atomic E-state index is 15.1. The summed E-state index contributed by atoms with van der Waals surface area (Å²) in [7, 11) is 1.59. The number of aromatic hydroxyl groups is 2. The molecule has 107 heavy (non-hydrogen) atoms. The number of urea groups is 1. The zero-order valence-electron chi connectivity index (χ0n) is 57.5. The van der Waals surface area contributed by atoms with E-state index < -0.39 is 234 Å². The molecule has 0 spiro atoms. The average Bonchev–Trinajstić information content (AvgIpc) is 0.931. The summed E-state index contributed by atoms with van der Waals surface area (Å²) < 4.78 is 0.268. The number of amides is 15. The van der Waals surface area contributed by atoms with Crippen LogP contribution in [0.25, 0.3) is 0 Å². The van der Waals surface area contributed by atoms with Crippen LogP contribution in [0, 0.1) is 3.57 Å². The number of carboxylic acids is 2. The number of aliphatic hydroxyl groups is 1. The molecule has 15 amide bonds. The van der Waals surface area contributed by atoms with Crippen LogP contribution in [0.2, 0.25) is 0 Å². The number of benzene rings is 2. The highest BCUT2D eigenvalue weighted by Gasteiger charge is 2.43. The van der Waals surface area contributed by atoms with Crippen molar-refractivity contribution >= 4 is 168 Å². The Kier molecular flexibility index (Phi) is 36.4. The number of nitrogens with one attached hydrogen (secondary N) is 12. The lowest BCUT2D eigenvalue weighted by molar-refractivity contribution is -0.146. The van der Waals surface area contributed by atoms with Gasteiger partial charge in [0.2, 0.25) is 70.9 Å². The molecular formula is C62H88IN19O21S4. The van der Waals surface area contributed by atoms with E-state index in [1.165, 1.54) is 42.5 Å². The van der Waals surface area contributed by atoms with Crippen molar-refractivity contribution in [3.63, 3.8) is 0 Å². The van der Waals surface area contributed by atoms with Crippen LogP contribution in [0.15, 0.2) is 47.5 Å². The topological polar surface area (TPSA) is 664 Å². The molecule has 5 rings (SSSR count). The number of aliphatic imine (C=N–C) groups is 1.